The average Bonchev–Trinajstić information content (AvgIpc) is 2.76. The highest BCUT2D eigenvalue weighted by Gasteiger charge is 2.07. The predicted octanol–water partition coefficient (Wildman–Crippen LogP) is 3.91. The van der Waals surface area contributed by atoms with Crippen LogP contribution in [0.2, 0.25) is 0 Å². The van der Waals surface area contributed by atoms with Crippen molar-refractivity contribution in [3.8, 4) is 11.5 Å². The zero-order valence-electron chi connectivity index (χ0n) is 17.9. The monoisotopic (exact) mass is 429 g/mol. The maximum absolute atomic E-state index is 12.3. The molecule has 2 aromatic carbocycles. The van der Waals surface area contributed by atoms with Gasteiger partial charge >= 0.3 is 0 Å². The van der Waals surface area contributed by atoms with Gasteiger partial charge in [0, 0.05) is 24.0 Å². The van der Waals surface area contributed by atoms with E-state index in [1.54, 1.807) is 30.5 Å². The Morgan fingerprint density at radius 1 is 0.938 bits per heavy atom. The first-order valence-electron chi connectivity index (χ1n) is 10.2. The fourth-order valence-electron chi connectivity index (χ4n) is 3.20. The highest BCUT2D eigenvalue weighted by atomic mass is 16.5. The van der Waals surface area contributed by atoms with Gasteiger partial charge in [0.1, 0.15) is 23.8 Å². The number of ether oxygens (including phenoxy) is 2. The van der Waals surface area contributed by atoms with Gasteiger partial charge in [0.05, 0.1) is 5.69 Å². The van der Waals surface area contributed by atoms with E-state index in [9.17, 15) is 9.59 Å². The minimum absolute atomic E-state index is 0.0983. The molecule has 4 rings (SSSR count). The molecule has 32 heavy (non-hydrogen) atoms. The second kappa shape index (κ2) is 9.34. The Hall–Kier alpha value is -4.13. The summed E-state index contributed by atoms with van der Waals surface area (Å²) in [6.07, 6.45) is 1.71. The SMILES string of the molecule is Cc1cccc(OCC(=O)Nc2cccc(OCc3cc(=O)n4ccc(C)cc4n3)c2)c1. The van der Waals surface area contributed by atoms with E-state index in [4.69, 9.17) is 9.47 Å². The number of carbonyl (C=O) groups excluding carboxylic acids is 1. The van der Waals surface area contributed by atoms with Crippen molar-refractivity contribution in [2.45, 2.75) is 20.5 Å². The third-order valence-corrected chi connectivity index (χ3v) is 4.74. The molecule has 1 N–H and O–H groups in total. The highest BCUT2D eigenvalue weighted by Crippen LogP contribution is 2.19. The number of rotatable bonds is 7. The van der Waals surface area contributed by atoms with Crippen molar-refractivity contribution in [3.05, 3.63) is 100 Å². The molecule has 7 heteroatoms. The van der Waals surface area contributed by atoms with E-state index in [-0.39, 0.29) is 24.7 Å². The van der Waals surface area contributed by atoms with Gasteiger partial charge in [0.2, 0.25) is 0 Å². The molecule has 162 valence electrons. The number of nitrogens with one attached hydrogen (secondary N) is 1. The van der Waals surface area contributed by atoms with E-state index in [0.717, 1.165) is 11.1 Å². The van der Waals surface area contributed by atoms with Crippen molar-refractivity contribution in [1.29, 1.82) is 0 Å². The summed E-state index contributed by atoms with van der Waals surface area (Å²) in [6, 6.07) is 19.7. The van der Waals surface area contributed by atoms with Crippen LogP contribution < -0.4 is 20.3 Å². The lowest BCUT2D eigenvalue weighted by Crippen LogP contribution is -2.20. The van der Waals surface area contributed by atoms with Crippen LogP contribution in [0.4, 0.5) is 5.69 Å². The summed E-state index contributed by atoms with van der Waals surface area (Å²) < 4.78 is 12.8. The Balaban J connectivity index is 1.37. The number of anilines is 1. The van der Waals surface area contributed by atoms with Crippen molar-refractivity contribution in [2.24, 2.45) is 0 Å². The molecule has 0 saturated carbocycles. The standard InChI is InChI=1S/C25H23N3O4/c1-17-5-3-7-21(11-17)32-16-24(29)27-19-6-4-8-22(13-19)31-15-20-14-25(30)28-10-9-18(2)12-23(28)26-20/h3-14H,15-16H2,1-2H3,(H,27,29). The maximum Gasteiger partial charge on any atom is 0.262 e. The van der Waals surface area contributed by atoms with Gasteiger partial charge in [0.15, 0.2) is 6.61 Å². The molecule has 2 heterocycles. The Morgan fingerprint density at radius 2 is 1.69 bits per heavy atom. The summed E-state index contributed by atoms with van der Waals surface area (Å²) in [5.74, 6) is 0.920. The van der Waals surface area contributed by atoms with Crippen LogP contribution >= 0.6 is 0 Å². The summed E-state index contributed by atoms with van der Waals surface area (Å²) in [5, 5.41) is 2.79. The largest absolute Gasteiger partial charge is 0.487 e. The van der Waals surface area contributed by atoms with E-state index < -0.39 is 0 Å². The smallest absolute Gasteiger partial charge is 0.262 e. The summed E-state index contributed by atoms with van der Waals surface area (Å²) in [6.45, 7) is 3.94. The molecule has 0 fully saturated rings. The molecule has 2 aromatic heterocycles. The van der Waals surface area contributed by atoms with Crippen LogP contribution in [0.1, 0.15) is 16.8 Å². The van der Waals surface area contributed by atoms with Gasteiger partial charge < -0.3 is 14.8 Å². The summed E-state index contributed by atoms with van der Waals surface area (Å²) in [7, 11) is 0. The maximum atomic E-state index is 12.3. The van der Waals surface area contributed by atoms with E-state index in [1.165, 1.54) is 10.5 Å². The van der Waals surface area contributed by atoms with Crippen molar-refractivity contribution in [1.82, 2.24) is 9.38 Å². The zero-order valence-corrected chi connectivity index (χ0v) is 17.9. The van der Waals surface area contributed by atoms with Gasteiger partial charge in [-0.15, -0.1) is 0 Å². The van der Waals surface area contributed by atoms with Crippen molar-refractivity contribution in [3.63, 3.8) is 0 Å². The number of amides is 1. The minimum Gasteiger partial charge on any atom is -0.487 e. The molecule has 7 nitrogen and oxygen atoms in total. The molecule has 0 aliphatic carbocycles. The molecule has 0 atom stereocenters. The normalized spacial score (nSPS) is 10.7. The molecule has 0 spiro atoms. The summed E-state index contributed by atoms with van der Waals surface area (Å²) >= 11 is 0. The van der Waals surface area contributed by atoms with E-state index in [2.05, 4.69) is 10.3 Å². The Bertz CT molecular complexity index is 1330. The van der Waals surface area contributed by atoms with Crippen molar-refractivity contribution >= 4 is 17.2 Å². The van der Waals surface area contributed by atoms with Crippen LogP contribution in [0.15, 0.2) is 77.7 Å². The van der Waals surface area contributed by atoms with Crippen LogP contribution in [0.3, 0.4) is 0 Å². The van der Waals surface area contributed by atoms with Gasteiger partial charge in [-0.2, -0.15) is 0 Å². The molecule has 0 aliphatic rings. The fourth-order valence-corrected chi connectivity index (χ4v) is 3.20. The average molecular weight is 429 g/mol. The van der Waals surface area contributed by atoms with Crippen molar-refractivity contribution < 1.29 is 14.3 Å². The molecular weight excluding hydrogens is 406 g/mol. The number of hydrogen-bond acceptors (Lipinski definition) is 5. The first-order valence-corrected chi connectivity index (χ1v) is 10.2. The molecule has 0 bridgehead atoms. The number of benzene rings is 2. The van der Waals surface area contributed by atoms with E-state index >= 15 is 0 Å². The number of nitrogens with zero attached hydrogens (tertiary/aromatic N) is 2. The fraction of sp³-hybridized carbons (Fsp3) is 0.160. The second-order valence-electron chi connectivity index (χ2n) is 7.49. The molecule has 0 saturated heterocycles. The van der Waals surface area contributed by atoms with Gasteiger partial charge in [-0.3, -0.25) is 14.0 Å². The van der Waals surface area contributed by atoms with Gasteiger partial charge in [-0.25, -0.2) is 4.98 Å². The van der Waals surface area contributed by atoms with Crippen LogP contribution in [0.25, 0.3) is 5.65 Å². The lowest BCUT2D eigenvalue weighted by atomic mass is 10.2. The lowest BCUT2D eigenvalue weighted by molar-refractivity contribution is -0.118. The van der Waals surface area contributed by atoms with Gasteiger partial charge in [-0.1, -0.05) is 18.2 Å². The Labute approximate surface area is 185 Å². The number of pyridine rings is 1. The Morgan fingerprint density at radius 3 is 2.50 bits per heavy atom. The first-order chi connectivity index (χ1) is 15.5. The molecular formula is C25H23N3O4. The van der Waals surface area contributed by atoms with Crippen molar-refractivity contribution in [2.75, 3.05) is 11.9 Å². The van der Waals surface area contributed by atoms with Crippen LogP contribution in [0.5, 0.6) is 11.5 Å². The topological polar surface area (TPSA) is 81.9 Å². The number of hydrogen-bond donors (Lipinski definition) is 1. The third kappa shape index (κ3) is 5.31. The minimum atomic E-state index is -0.275. The van der Waals surface area contributed by atoms with E-state index in [0.29, 0.717) is 28.5 Å². The van der Waals surface area contributed by atoms with E-state index in [1.807, 2.05) is 50.2 Å². The summed E-state index contributed by atoms with van der Waals surface area (Å²) in [5.41, 5.74) is 3.61. The first kappa shape index (κ1) is 21.1. The third-order valence-electron chi connectivity index (χ3n) is 4.74. The van der Waals surface area contributed by atoms with Gasteiger partial charge in [0.25, 0.3) is 11.5 Å². The number of aryl methyl sites for hydroxylation is 2. The molecule has 4 aromatic rings. The lowest BCUT2D eigenvalue weighted by Gasteiger charge is -2.10. The molecule has 0 radical (unpaired) electrons. The quantitative estimate of drug-likeness (QED) is 0.482. The molecule has 1 amide bonds. The number of fused-ring (bicyclic) bond motifs is 1. The number of aromatic nitrogens is 2. The van der Waals surface area contributed by atoms with Gasteiger partial charge in [-0.05, 0) is 61.4 Å². The predicted molar refractivity (Wildman–Crippen MR) is 122 cm³/mol. The Kier molecular flexibility index (Phi) is 6.17. The second-order valence-corrected chi connectivity index (χ2v) is 7.49. The van der Waals surface area contributed by atoms with Crippen LogP contribution in [-0.2, 0) is 11.4 Å². The molecule has 0 unspecified atom stereocenters. The number of carbonyl (C=O) groups is 1. The zero-order chi connectivity index (χ0) is 22.5. The van der Waals surface area contributed by atoms with Crippen LogP contribution in [-0.4, -0.2) is 21.9 Å². The van der Waals surface area contributed by atoms with Crippen LogP contribution in [0, 0.1) is 13.8 Å². The highest BCUT2D eigenvalue weighted by molar-refractivity contribution is 5.92. The molecule has 0 aliphatic heterocycles. The summed E-state index contributed by atoms with van der Waals surface area (Å²) in [4.78, 5) is 29.0.